The van der Waals surface area contributed by atoms with Crippen LogP contribution in [0, 0.1) is 0 Å². The van der Waals surface area contributed by atoms with Crippen molar-refractivity contribution in [2.75, 3.05) is 9.80 Å². The summed E-state index contributed by atoms with van der Waals surface area (Å²) in [4.78, 5) is 4.93. The van der Waals surface area contributed by atoms with Gasteiger partial charge >= 0.3 is 0 Å². The molecule has 0 bridgehead atoms. The van der Waals surface area contributed by atoms with E-state index in [0.29, 0.717) is 0 Å². The molecule has 0 N–H and O–H groups in total. The zero-order chi connectivity index (χ0) is 26.7. The summed E-state index contributed by atoms with van der Waals surface area (Å²) >= 11 is 0. The maximum absolute atomic E-state index is 2.48. The Kier molecular flexibility index (Phi) is 5.45. The fraction of sp³-hybridized carbons (Fsp3) is 0.167. The number of hydrogen-bond donors (Lipinski definition) is 0. The fourth-order valence-corrected chi connectivity index (χ4v) is 6.37. The van der Waals surface area contributed by atoms with Crippen LogP contribution in [-0.4, -0.2) is 6.71 Å². The van der Waals surface area contributed by atoms with Gasteiger partial charge in [-0.25, -0.2) is 0 Å². The molecule has 0 atom stereocenters. The molecule has 2 aliphatic heterocycles. The fourth-order valence-electron chi connectivity index (χ4n) is 6.37. The predicted molar refractivity (Wildman–Crippen MR) is 169 cm³/mol. The third kappa shape index (κ3) is 3.71. The molecule has 5 aromatic rings. The summed E-state index contributed by atoms with van der Waals surface area (Å²) in [5.41, 5.74) is 14.3. The van der Waals surface area contributed by atoms with E-state index in [1.165, 1.54) is 61.6 Å². The summed E-state index contributed by atoms with van der Waals surface area (Å²) in [6, 6.07) is 42.8. The summed E-state index contributed by atoms with van der Waals surface area (Å²) in [6.45, 7) is 9.31. The Hall–Kier alpha value is -4.24. The third-order valence-corrected chi connectivity index (χ3v) is 8.38. The van der Waals surface area contributed by atoms with E-state index in [9.17, 15) is 0 Å². The van der Waals surface area contributed by atoms with Crippen molar-refractivity contribution in [1.82, 2.24) is 0 Å². The SMILES string of the molecule is CCc1ccc(N2c3ccc(C(C)(C)C)cc3B3c4ccccc4N(c4ccccc4)c4cccc2c43)cc1. The van der Waals surface area contributed by atoms with Crippen LogP contribution in [-0.2, 0) is 11.8 Å². The number of anilines is 6. The monoisotopic (exact) mass is 504 g/mol. The molecule has 0 spiro atoms. The summed E-state index contributed by atoms with van der Waals surface area (Å²) in [7, 11) is 0. The van der Waals surface area contributed by atoms with E-state index in [1.54, 1.807) is 0 Å². The van der Waals surface area contributed by atoms with Gasteiger partial charge in [0.25, 0.3) is 6.71 Å². The molecule has 0 radical (unpaired) electrons. The van der Waals surface area contributed by atoms with E-state index in [-0.39, 0.29) is 12.1 Å². The highest BCUT2D eigenvalue weighted by molar-refractivity contribution is 7.00. The van der Waals surface area contributed by atoms with Gasteiger partial charge in [0, 0.05) is 34.1 Å². The Morgan fingerprint density at radius 2 is 1.15 bits per heavy atom. The van der Waals surface area contributed by atoms with Gasteiger partial charge in [0.2, 0.25) is 0 Å². The molecule has 2 heterocycles. The number of rotatable bonds is 3. The largest absolute Gasteiger partial charge is 0.311 e. The second-order valence-corrected chi connectivity index (χ2v) is 11.8. The Morgan fingerprint density at radius 3 is 1.82 bits per heavy atom. The molecule has 5 aromatic carbocycles. The topological polar surface area (TPSA) is 6.48 Å². The highest BCUT2D eigenvalue weighted by Gasteiger charge is 2.43. The second-order valence-electron chi connectivity index (χ2n) is 11.8. The number of hydrogen-bond acceptors (Lipinski definition) is 2. The Bertz CT molecular complexity index is 1680. The van der Waals surface area contributed by atoms with Gasteiger partial charge in [-0.2, -0.15) is 0 Å². The third-order valence-electron chi connectivity index (χ3n) is 8.38. The van der Waals surface area contributed by atoms with Crippen LogP contribution in [0.3, 0.4) is 0 Å². The molecular formula is C36H33BN2. The van der Waals surface area contributed by atoms with Crippen molar-refractivity contribution in [2.24, 2.45) is 0 Å². The minimum Gasteiger partial charge on any atom is -0.311 e. The quantitative estimate of drug-likeness (QED) is 0.228. The predicted octanol–water partition coefficient (Wildman–Crippen LogP) is 7.63. The molecule has 0 fully saturated rings. The smallest absolute Gasteiger partial charge is 0.252 e. The maximum Gasteiger partial charge on any atom is 0.252 e. The molecule has 0 saturated carbocycles. The lowest BCUT2D eigenvalue weighted by atomic mass is 9.33. The number of fused-ring (bicyclic) bond motifs is 4. The summed E-state index contributed by atoms with van der Waals surface area (Å²) in [5, 5.41) is 0. The van der Waals surface area contributed by atoms with Crippen LogP contribution in [0.4, 0.5) is 34.1 Å². The summed E-state index contributed by atoms with van der Waals surface area (Å²) < 4.78 is 0. The van der Waals surface area contributed by atoms with Gasteiger partial charge in [0.1, 0.15) is 0 Å². The van der Waals surface area contributed by atoms with Gasteiger partial charge in [-0.15, -0.1) is 0 Å². The lowest BCUT2D eigenvalue weighted by Gasteiger charge is -2.44. The zero-order valence-corrected chi connectivity index (χ0v) is 23.1. The maximum atomic E-state index is 2.48. The molecule has 2 nitrogen and oxygen atoms in total. The molecule has 0 saturated heterocycles. The van der Waals surface area contributed by atoms with Crippen molar-refractivity contribution in [3.05, 3.63) is 126 Å². The average Bonchev–Trinajstić information content (AvgIpc) is 2.97. The Balaban J connectivity index is 1.56. The van der Waals surface area contributed by atoms with Crippen LogP contribution < -0.4 is 26.2 Å². The van der Waals surface area contributed by atoms with Crippen molar-refractivity contribution < 1.29 is 0 Å². The molecule has 0 aliphatic carbocycles. The molecule has 3 heteroatoms. The van der Waals surface area contributed by atoms with Crippen molar-refractivity contribution in [3.8, 4) is 0 Å². The van der Waals surface area contributed by atoms with Crippen molar-refractivity contribution in [3.63, 3.8) is 0 Å². The van der Waals surface area contributed by atoms with E-state index in [4.69, 9.17) is 0 Å². The number of para-hydroxylation sites is 2. The van der Waals surface area contributed by atoms with Gasteiger partial charge in [-0.05, 0) is 87.9 Å². The van der Waals surface area contributed by atoms with Gasteiger partial charge in [-0.1, -0.05) is 94.4 Å². The number of benzene rings is 5. The van der Waals surface area contributed by atoms with Crippen LogP contribution in [0.1, 0.15) is 38.8 Å². The number of aryl methyl sites for hydroxylation is 1. The van der Waals surface area contributed by atoms with Crippen LogP contribution in [0.2, 0.25) is 0 Å². The molecule has 2 aliphatic rings. The zero-order valence-electron chi connectivity index (χ0n) is 23.1. The van der Waals surface area contributed by atoms with Crippen molar-refractivity contribution in [2.45, 2.75) is 39.5 Å². The van der Waals surface area contributed by atoms with Crippen LogP contribution >= 0.6 is 0 Å². The lowest BCUT2D eigenvalue weighted by molar-refractivity contribution is 0.591. The van der Waals surface area contributed by atoms with E-state index in [2.05, 4.69) is 153 Å². The summed E-state index contributed by atoms with van der Waals surface area (Å²) in [6.07, 6.45) is 1.04. The highest BCUT2D eigenvalue weighted by Crippen LogP contribution is 2.44. The highest BCUT2D eigenvalue weighted by atomic mass is 15.2. The minimum atomic E-state index is 0.0622. The molecule has 0 amide bonds. The average molecular weight is 504 g/mol. The lowest BCUT2D eigenvalue weighted by Crippen LogP contribution is -2.61. The first kappa shape index (κ1) is 23.9. The first-order valence-electron chi connectivity index (χ1n) is 14.1. The molecular weight excluding hydrogens is 471 g/mol. The van der Waals surface area contributed by atoms with Crippen LogP contribution in [0.5, 0.6) is 0 Å². The molecule has 7 rings (SSSR count). The molecule has 39 heavy (non-hydrogen) atoms. The first-order valence-corrected chi connectivity index (χ1v) is 14.1. The summed E-state index contributed by atoms with van der Waals surface area (Å²) in [5.74, 6) is 0. The van der Waals surface area contributed by atoms with Gasteiger partial charge in [-0.3, -0.25) is 0 Å². The van der Waals surface area contributed by atoms with Gasteiger partial charge < -0.3 is 9.80 Å². The molecule has 0 unspecified atom stereocenters. The first-order chi connectivity index (χ1) is 19.0. The van der Waals surface area contributed by atoms with Crippen molar-refractivity contribution in [1.29, 1.82) is 0 Å². The van der Waals surface area contributed by atoms with E-state index in [1.807, 2.05) is 0 Å². The Morgan fingerprint density at radius 1 is 0.564 bits per heavy atom. The van der Waals surface area contributed by atoms with Crippen LogP contribution in [0.15, 0.2) is 115 Å². The second kappa shape index (κ2) is 8.91. The standard InChI is InChI=1S/C36H33BN2/c1-5-25-18-21-28(22-19-25)39-32-23-20-26(36(2,3)4)24-30(32)37-29-14-9-10-15-31(29)38(27-12-7-6-8-13-27)33-16-11-17-34(39)35(33)37/h6-24H,5H2,1-4H3. The van der Waals surface area contributed by atoms with E-state index < -0.39 is 0 Å². The Labute approximate surface area is 232 Å². The van der Waals surface area contributed by atoms with E-state index in [0.717, 1.165) is 6.42 Å². The van der Waals surface area contributed by atoms with E-state index >= 15 is 0 Å². The minimum absolute atomic E-state index is 0.0622. The molecule has 190 valence electrons. The van der Waals surface area contributed by atoms with Crippen molar-refractivity contribution >= 4 is 57.2 Å². The normalized spacial score (nSPS) is 13.6. The van der Waals surface area contributed by atoms with Crippen LogP contribution in [0.25, 0.3) is 0 Å². The molecule has 0 aromatic heterocycles. The number of nitrogens with zero attached hydrogens (tertiary/aromatic N) is 2. The van der Waals surface area contributed by atoms with Gasteiger partial charge in [0.15, 0.2) is 0 Å². The van der Waals surface area contributed by atoms with Gasteiger partial charge in [0.05, 0.1) is 0 Å².